The Kier molecular flexibility index (Phi) is 1.63. The molecule has 0 saturated heterocycles. The van der Waals surface area contributed by atoms with E-state index in [2.05, 4.69) is 18.0 Å². The molecule has 2 nitrogen and oxygen atoms in total. The molecule has 0 atom stereocenters. The van der Waals surface area contributed by atoms with Gasteiger partial charge in [0.1, 0.15) is 6.07 Å². The van der Waals surface area contributed by atoms with E-state index in [9.17, 15) is 0 Å². The second kappa shape index (κ2) is 2.54. The highest BCUT2D eigenvalue weighted by atomic mass is 32.1. The highest BCUT2D eigenvalue weighted by Gasteiger charge is 2.10. The van der Waals surface area contributed by atoms with Gasteiger partial charge in [-0.2, -0.15) is 5.26 Å². The molecule has 0 saturated carbocycles. The van der Waals surface area contributed by atoms with Crippen molar-refractivity contribution < 1.29 is 0 Å². The number of nitriles is 1. The van der Waals surface area contributed by atoms with Crippen LogP contribution < -0.4 is 0 Å². The van der Waals surface area contributed by atoms with Crippen LogP contribution >= 0.6 is 22.7 Å². The summed E-state index contributed by atoms with van der Waals surface area (Å²) in [4.78, 5) is 6.69. The highest BCUT2D eigenvalue weighted by molar-refractivity contribution is 7.24. The SMILES string of the molecule is Cc1sc(C)c2sc(C#N)nc12. The van der Waals surface area contributed by atoms with Gasteiger partial charge in [0.05, 0.1) is 10.2 Å². The topological polar surface area (TPSA) is 36.7 Å². The van der Waals surface area contributed by atoms with Crippen LogP contribution in [0.3, 0.4) is 0 Å². The Labute approximate surface area is 78.1 Å². The van der Waals surface area contributed by atoms with Gasteiger partial charge in [0, 0.05) is 9.75 Å². The predicted octanol–water partition coefficient (Wildman–Crippen LogP) is 2.85. The van der Waals surface area contributed by atoms with Crippen molar-refractivity contribution in [2.24, 2.45) is 0 Å². The average Bonchev–Trinajstić information content (AvgIpc) is 2.55. The van der Waals surface area contributed by atoms with Gasteiger partial charge in [-0.15, -0.1) is 22.7 Å². The van der Waals surface area contributed by atoms with Crippen molar-refractivity contribution in [1.82, 2.24) is 4.98 Å². The first kappa shape index (κ1) is 7.71. The Hall–Kier alpha value is -0.920. The molecule has 0 amide bonds. The number of aromatic nitrogens is 1. The molecule has 0 aromatic carbocycles. The Morgan fingerprint density at radius 1 is 1.25 bits per heavy atom. The lowest BCUT2D eigenvalue weighted by Crippen LogP contribution is -1.68. The van der Waals surface area contributed by atoms with E-state index in [1.165, 1.54) is 25.8 Å². The largest absolute Gasteiger partial charge is 0.225 e. The van der Waals surface area contributed by atoms with E-state index in [1.807, 2.05) is 6.92 Å². The molecule has 0 spiro atoms. The first-order valence-electron chi connectivity index (χ1n) is 3.49. The summed E-state index contributed by atoms with van der Waals surface area (Å²) >= 11 is 3.23. The predicted molar refractivity (Wildman–Crippen MR) is 51.7 cm³/mol. The minimum atomic E-state index is 0.569. The molecule has 0 bridgehead atoms. The molecule has 0 aliphatic heterocycles. The standard InChI is InChI=1S/C8H6N2S2/c1-4-7-8(5(2)11-4)12-6(3-9)10-7/h1-2H3. The van der Waals surface area contributed by atoms with Crippen molar-refractivity contribution in [2.45, 2.75) is 13.8 Å². The molecule has 0 aliphatic rings. The lowest BCUT2D eigenvalue weighted by atomic mass is 10.4. The molecule has 4 heteroatoms. The van der Waals surface area contributed by atoms with Crippen molar-refractivity contribution in [3.8, 4) is 6.07 Å². The highest BCUT2D eigenvalue weighted by Crippen LogP contribution is 2.33. The summed E-state index contributed by atoms with van der Waals surface area (Å²) < 4.78 is 1.18. The number of thiophene rings is 1. The van der Waals surface area contributed by atoms with Crippen LogP contribution in [-0.2, 0) is 0 Å². The Balaban J connectivity index is 2.86. The zero-order valence-corrected chi connectivity index (χ0v) is 8.34. The molecule has 2 aromatic heterocycles. The second-order valence-electron chi connectivity index (χ2n) is 2.52. The van der Waals surface area contributed by atoms with Gasteiger partial charge in [-0.3, -0.25) is 0 Å². The van der Waals surface area contributed by atoms with Gasteiger partial charge in [-0.05, 0) is 13.8 Å². The number of aryl methyl sites for hydroxylation is 2. The van der Waals surface area contributed by atoms with Crippen LogP contribution in [0.1, 0.15) is 14.8 Å². The summed E-state index contributed by atoms with van der Waals surface area (Å²) in [7, 11) is 0. The number of fused-ring (bicyclic) bond motifs is 1. The molecule has 0 N–H and O–H groups in total. The molecule has 2 heterocycles. The zero-order valence-electron chi connectivity index (χ0n) is 6.71. The van der Waals surface area contributed by atoms with E-state index in [0.717, 1.165) is 5.52 Å². The normalized spacial score (nSPS) is 10.4. The summed E-state index contributed by atoms with van der Waals surface area (Å²) in [5, 5.41) is 9.21. The summed E-state index contributed by atoms with van der Waals surface area (Å²) in [6.07, 6.45) is 0. The van der Waals surface area contributed by atoms with Crippen molar-refractivity contribution in [3.63, 3.8) is 0 Å². The fourth-order valence-corrected chi connectivity index (χ4v) is 3.19. The van der Waals surface area contributed by atoms with Gasteiger partial charge < -0.3 is 0 Å². The van der Waals surface area contributed by atoms with E-state index in [-0.39, 0.29) is 0 Å². The van der Waals surface area contributed by atoms with Crippen molar-refractivity contribution >= 4 is 32.9 Å². The minimum Gasteiger partial charge on any atom is -0.225 e. The second-order valence-corrected chi connectivity index (χ2v) is 4.95. The van der Waals surface area contributed by atoms with E-state index >= 15 is 0 Å². The van der Waals surface area contributed by atoms with Gasteiger partial charge in [0.25, 0.3) is 0 Å². The maximum atomic E-state index is 8.64. The van der Waals surface area contributed by atoms with Crippen LogP contribution in [0.25, 0.3) is 10.2 Å². The first-order chi connectivity index (χ1) is 5.72. The Morgan fingerprint density at radius 3 is 2.58 bits per heavy atom. The van der Waals surface area contributed by atoms with E-state index in [4.69, 9.17) is 5.26 Å². The average molecular weight is 194 g/mol. The number of nitrogens with zero attached hydrogens (tertiary/aromatic N) is 2. The monoisotopic (exact) mass is 194 g/mol. The molecular weight excluding hydrogens is 188 g/mol. The van der Waals surface area contributed by atoms with Gasteiger partial charge in [0.2, 0.25) is 0 Å². The molecule has 60 valence electrons. The maximum Gasteiger partial charge on any atom is 0.195 e. The van der Waals surface area contributed by atoms with Crippen LogP contribution in [0.5, 0.6) is 0 Å². The minimum absolute atomic E-state index is 0.569. The summed E-state index contributed by atoms with van der Waals surface area (Å²) in [5.41, 5.74) is 1.01. The summed E-state index contributed by atoms with van der Waals surface area (Å²) in [6, 6.07) is 2.07. The third-order valence-corrected chi connectivity index (χ3v) is 3.90. The third-order valence-electron chi connectivity index (χ3n) is 1.68. The molecular formula is C8H6N2S2. The third kappa shape index (κ3) is 0.942. The Bertz CT molecular complexity index is 438. The van der Waals surface area contributed by atoms with Gasteiger partial charge >= 0.3 is 0 Å². The lowest BCUT2D eigenvalue weighted by molar-refractivity contribution is 1.39. The van der Waals surface area contributed by atoms with Crippen LogP contribution in [-0.4, -0.2) is 4.98 Å². The zero-order chi connectivity index (χ0) is 8.72. The van der Waals surface area contributed by atoms with E-state index in [1.54, 1.807) is 11.3 Å². The molecule has 0 aliphatic carbocycles. The lowest BCUT2D eigenvalue weighted by Gasteiger charge is -1.77. The van der Waals surface area contributed by atoms with Crippen LogP contribution in [0.4, 0.5) is 0 Å². The number of thiazole rings is 1. The molecule has 2 aromatic rings. The summed E-state index contributed by atoms with van der Waals surface area (Å²) in [6.45, 7) is 4.11. The molecule has 0 unspecified atom stereocenters. The van der Waals surface area contributed by atoms with Gasteiger partial charge in [0.15, 0.2) is 5.01 Å². The van der Waals surface area contributed by atoms with Crippen LogP contribution in [0.15, 0.2) is 0 Å². The first-order valence-corrected chi connectivity index (χ1v) is 5.12. The Morgan fingerprint density at radius 2 is 2.00 bits per heavy atom. The number of hydrogen-bond donors (Lipinski definition) is 0. The van der Waals surface area contributed by atoms with Crippen LogP contribution in [0.2, 0.25) is 0 Å². The van der Waals surface area contributed by atoms with Crippen molar-refractivity contribution in [1.29, 1.82) is 5.26 Å². The molecule has 0 radical (unpaired) electrons. The fraction of sp³-hybridized carbons (Fsp3) is 0.250. The van der Waals surface area contributed by atoms with Crippen molar-refractivity contribution in [2.75, 3.05) is 0 Å². The van der Waals surface area contributed by atoms with Crippen molar-refractivity contribution in [3.05, 3.63) is 14.8 Å². The van der Waals surface area contributed by atoms with E-state index < -0.39 is 0 Å². The fourth-order valence-electron chi connectivity index (χ4n) is 1.17. The summed E-state index contributed by atoms with van der Waals surface area (Å²) in [5.74, 6) is 0. The van der Waals surface area contributed by atoms with E-state index in [0.29, 0.717) is 5.01 Å². The van der Waals surface area contributed by atoms with Crippen LogP contribution in [0, 0.1) is 25.2 Å². The number of hydrogen-bond acceptors (Lipinski definition) is 4. The molecule has 0 fully saturated rings. The molecule has 12 heavy (non-hydrogen) atoms. The van der Waals surface area contributed by atoms with Gasteiger partial charge in [-0.25, -0.2) is 4.98 Å². The maximum absolute atomic E-state index is 8.64. The molecule has 2 rings (SSSR count). The van der Waals surface area contributed by atoms with Gasteiger partial charge in [-0.1, -0.05) is 0 Å². The smallest absolute Gasteiger partial charge is 0.195 e. The number of rotatable bonds is 0. The quantitative estimate of drug-likeness (QED) is 0.646.